The van der Waals surface area contributed by atoms with E-state index in [0.29, 0.717) is 16.1 Å². The van der Waals surface area contributed by atoms with Gasteiger partial charge in [0.1, 0.15) is 12.3 Å². The van der Waals surface area contributed by atoms with Crippen molar-refractivity contribution in [1.82, 2.24) is 0 Å². The summed E-state index contributed by atoms with van der Waals surface area (Å²) in [7, 11) is 0. The highest BCUT2D eigenvalue weighted by molar-refractivity contribution is 6.36. The predicted molar refractivity (Wildman–Crippen MR) is 79.5 cm³/mol. The summed E-state index contributed by atoms with van der Waals surface area (Å²) in [5.74, 6) is 1.75. The van der Waals surface area contributed by atoms with Crippen LogP contribution < -0.4 is 5.32 Å². The molecule has 2 N–H and O–H groups in total. The number of benzene rings is 1. The molecule has 0 amide bonds. The second kappa shape index (κ2) is 6.47. The summed E-state index contributed by atoms with van der Waals surface area (Å²) in [6.07, 6.45) is 1.15. The molecule has 2 nitrogen and oxygen atoms in total. The molecule has 2 rings (SSSR count). The maximum Gasteiger partial charge on any atom is 0.158 e. The van der Waals surface area contributed by atoms with Crippen LogP contribution in [-0.4, -0.2) is 6.04 Å². The van der Waals surface area contributed by atoms with Gasteiger partial charge in [-0.25, -0.2) is 0 Å². The monoisotopic (exact) mass is 298 g/mol. The third-order valence-corrected chi connectivity index (χ3v) is 3.77. The largest absolute Gasteiger partial charge is 0.455 e. The van der Waals surface area contributed by atoms with E-state index in [1.807, 2.05) is 24.3 Å². The second-order valence-electron chi connectivity index (χ2n) is 4.72. The lowest BCUT2D eigenvalue weighted by atomic mass is 10.2. The maximum absolute atomic E-state index is 6.17. The third-order valence-electron chi connectivity index (χ3n) is 3.22. The second-order valence-corrected chi connectivity index (χ2v) is 5.56. The molecule has 0 fully saturated rings. The van der Waals surface area contributed by atoms with Crippen LogP contribution in [0.2, 0.25) is 10.0 Å². The van der Waals surface area contributed by atoms with Crippen molar-refractivity contribution in [2.45, 2.75) is 32.9 Å². The van der Waals surface area contributed by atoms with Gasteiger partial charge in [-0.3, -0.25) is 0 Å². The van der Waals surface area contributed by atoms with Gasteiger partial charge in [-0.05, 0) is 43.7 Å². The van der Waals surface area contributed by atoms with Crippen LogP contribution in [0.5, 0.6) is 0 Å². The van der Waals surface area contributed by atoms with Crippen LogP contribution in [-0.2, 0) is 6.54 Å². The maximum atomic E-state index is 6.17. The number of hydrogen-bond donors (Lipinski definition) is 1. The van der Waals surface area contributed by atoms with E-state index in [2.05, 4.69) is 19.2 Å². The molecule has 0 aliphatic carbocycles. The molecule has 19 heavy (non-hydrogen) atoms. The fourth-order valence-electron chi connectivity index (χ4n) is 1.81. The molecule has 0 unspecified atom stereocenters. The summed E-state index contributed by atoms with van der Waals surface area (Å²) >= 11 is 12.1. The molecule has 0 saturated carbocycles. The average Bonchev–Trinajstić information content (AvgIpc) is 2.84. The Morgan fingerprint density at radius 2 is 2.00 bits per heavy atom. The van der Waals surface area contributed by atoms with Gasteiger partial charge in [0.15, 0.2) is 5.76 Å². The van der Waals surface area contributed by atoms with Crippen molar-refractivity contribution < 1.29 is 9.73 Å². The van der Waals surface area contributed by atoms with Crippen molar-refractivity contribution >= 4 is 23.2 Å². The molecule has 0 radical (unpaired) electrons. The van der Waals surface area contributed by atoms with E-state index in [0.717, 1.165) is 30.0 Å². The number of rotatable bonds is 5. The van der Waals surface area contributed by atoms with Gasteiger partial charge in [0.2, 0.25) is 0 Å². The molecular formula is C15H18Cl2NO+. The zero-order chi connectivity index (χ0) is 13.8. The normalized spacial score (nSPS) is 12.6. The van der Waals surface area contributed by atoms with Gasteiger partial charge in [0, 0.05) is 10.6 Å². The first-order chi connectivity index (χ1) is 9.10. The Kier molecular flexibility index (Phi) is 4.92. The van der Waals surface area contributed by atoms with Gasteiger partial charge in [-0.1, -0.05) is 30.1 Å². The summed E-state index contributed by atoms with van der Waals surface area (Å²) < 4.78 is 5.83. The molecule has 1 aromatic carbocycles. The molecule has 2 aromatic rings. The molecule has 0 spiro atoms. The molecule has 1 heterocycles. The van der Waals surface area contributed by atoms with Crippen LogP contribution in [0, 0.1) is 0 Å². The van der Waals surface area contributed by atoms with Gasteiger partial charge < -0.3 is 9.73 Å². The minimum Gasteiger partial charge on any atom is -0.455 e. The zero-order valence-electron chi connectivity index (χ0n) is 11.1. The van der Waals surface area contributed by atoms with Gasteiger partial charge in [-0.15, -0.1) is 0 Å². The van der Waals surface area contributed by atoms with Gasteiger partial charge in [0.25, 0.3) is 0 Å². The lowest BCUT2D eigenvalue weighted by Crippen LogP contribution is -2.87. The fourth-order valence-corrected chi connectivity index (χ4v) is 2.31. The van der Waals surface area contributed by atoms with Crippen LogP contribution in [0.4, 0.5) is 0 Å². The molecule has 0 aliphatic rings. The van der Waals surface area contributed by atoms with Crippen molar-refractivity contribution in [3.8, 4) is 11.3 Å². The van der Waals surface area contributed by atoms with E-state index in [9.17, 15) is 0 Å². The highest BCUT2D eigenvalue weighted by Gasteiger charge is 2.11. The highest BCUT2D eigenvalue weighted by Crippen LogP contribution is 2.31. The van der Waals surface area contributed by atoms with Gasteiger partial charge >= 0.3 is 0 Å². The van der Waals surface area contributed by atoms with Crippen molar-refractivity contribution in [3.05, 3.63) is 46.1 Å². The Morgan fingerprint density at radius 3 is 2.68 bits per heavy atom. The summed E-state index contributed by atoms with van der Waals surface area (Å²) in [5, 5.41) is 3.51. The van der Waals surface area contributed by atoms with Crippen molar-refractivity contribution in [3.63, 3.8) is 0 Å². The van der Waals surface area contributed by atoms with Crippen LogP contribution in [0.3, 0.4) is 0 Å². The topological polar surface area (TPSA) is 29.8 Å². The summed E-state index contributed by atoms with van der Waals surface area (Å²) in [5.41, 5.74) is 0.876. The Bertz CT molecular complexity index is 551. The van der Waals surface area contributed by atoms with E-state index in [1.165, 1.54) is 0 Å². The summed E-state index contributed by atoms with van der Waals surface area (Å²) in [6.45, 7) is 5.24. The van der Waals surface area contributed by atoms with E-state index in [1.54, 1.807) is 6.07 Å². The first-order valence-electron chi connectivity index (χ1n) is 6.47. The lowest BCUT2D eigenvalue weighted by molar-refractivity contribution is -0.703. The van der Waals surface area contributed by atoms with Gasteiger partial charge in [0.05, 0.1) is 11.1 Å². The predicted octanol–water partition coefficient (Wildman–Crippen LogP) is 4.12. The van der Waals surface area contributed by atoms with E-state index in [4.69, 9.17) is 27.6 Å². The van der Waals surface area contributed by atoms with Crippen molar-refractivity contribution in [2.75, 3.05) is 0 Å². The van der Waals surface area contributed by atoms with E-state index in [-0.39, 0.29) is 0 Å². The third kappa shape index (κ3) is 3.75. The van der Waals surface area contributed by atoms with Crippen molar-refractivity contribution in [2.24, 2.45) is 0 Å². The molecule has 1 aromatic heterocycles. The SMILES string of the molecule is CC[C@H](C)[NH2+]Cc1ccc(-c2ccc(Cl)cc2Cl)o1. The molecule has 102 valence electrons. The number of furan rings is 1. The van der Waals surface area contributed by atoms with Crippen LogP contribution in [0.25, 0.3) is 11.3 Å². The smallest absolute Gasteiger partial charge is 0.158 e. The molecular weight excluding hydrogens is 281 g/mol. The average molecular weight is 299 g/mol. The number of hydrogen-bond acceptors (Lipinski definition) is 1. The summed E-state index contributed by atoms with van der Waals surface area (Å²) in [6, 6.07) is 9.98. The highest BCUT2D eigenvalue weighted by atomic mass is 35.5. The van der Waals surface area contributed by atoms with Gasteiger partial charge in [-0.2, -0.15) is 0 Å². The fraction of sp³-hybridized carbons (Fsp3) is 0.333. The first kappa shape index (κ1) is 14.4. The quantitative estimate of drug-likeness (QED) is 0.884. The molecule has 0 saturated heterocycles. The van der Waals surface area contributed by atoms with Crippen LogP contribution >= 0.6 is 23.2 Å². The Morgan fingerprint density at radius 1 is 1.21 bits per heavy atom. The van der Waals surface area contributed by atoms with E-state index < -0.39 is 0 Å². The number of quaternary nitrogens is 1. The standard InChI is InChI=1S/C15H17Cl2NO/c1-3-10(2)18-9-12-5-7-15(19-12)13-6-4-11(16)8-14(13)17/h4-8,10,18H,3,9H2,1-2H3/p+1/t10-/m0/s1. The van der Waals surface area contributed by atoms with Crippen molar-refractivity contribution in [1.29, 1.82) is 0 Å². The van der Waals surface area contributed by atoms with Crippen LogP contribution in [0.1, 0.15) is 26.0 Å². The molecule has 0 bridgehead atoms. The Labute approximate surface area is 123 Å². The minimum absolute atomic E-state index is 0.604. The first-order valence-corrected chi connectivity index (χ1v) is 7.23. The van der Waals surface area contributed by atoms with E-state index >= 15 is 0 Å². The Balaban J connectivity index is 2.12. The number of nitrogens with two attached hydrogens (primary N) is 1. The molecule has 1 atom stereocenters. The lowest BCUT2D eigenvalue weighted by Gasteiger charge is -2.06. The zero-order valence-corrected chi connectivity index (χ0v) is 12.6. The molecule has 0 aliphatic heterocycles. The number of halogens is 2. The van der Waals surface area contributed by atoms with Crippen LogP contribution in [0.15, 0.2) is 34.7 Å². The molecule has 4 heteroatoms. The summed E-state index contributed by atoms with van der Waals surface area (Å²) in [4.78, 5) is 0. The minimum atomic E-state index is 0.604. The Hall–Kier alpha value is -0.960.